The van der Waals surface area contributed by atoms with Gasteiger partial charge in [0.05, 0.1) is 0 Å². The molecular weight excluding hydrogens is 338 g/mol. The number of allylic oxidation sites excluding steroid dienone is 2. The lowest BCUT2D eigenvalue weighted by Crippen LogP contribution is -2.26. The lowest BCUT2D eigenvalue weighted by Gasteiger charge is -2.38. The van der Waals surface area contributed by atoms with Crippen LogP contribution in [0, 0.1) is 35.3 Å². The van der Waals surface area contributed by atoms with Crippen LogP contribution in [0.25, 0.3) is 0 Å². The summed E-state index contributed by atoms with van der Waals surface area (Å²) in [6, 6.07) is 4.37. The summed E-state index contributed by atoms with van der Waals surface area (Å²) in [6.07, 6.45) is 20.3. The van der Waals surface area contributed by atoms with Crippen molar-refractivity contribution in [2.45, 2.75) is 84.0 Å². The van der Waals surface area contributed by atoms with E-state index >= 15 is 0 Å². The first-order valence-corrected chi connectivity index (χ1v) is 11.2. The number of halogens is 2. The van der Waals surface area contributed by atoms with Gasteiger partial charge in [0.25, 0.3) is 0 Å². The zero-order valence-electron chi connectivity index (χ0n) is 16.9. The smallest absolute Gasteiger partial charge is 0.159 e. The zero-order valence-corrected chi connectivity index (χ0v) is 16.9. The van der Waals surface area contributed by atoms with Crippen LogP contribution in [0.15, 0.2) is 30.4 Å². The second-order valence-electron chi connectivity index (χ2n) is 9.00. The van der Waals surface area contributed by atoms with E-state index in [2.05, 4.69) is 19.1 Å². The van der Waals surface area contributed by atoms with Crippen molar-refractivity contribution < 1.29 is 8.78 Å². The van der Waals surface area contributed by atoms with Crippen molar-refractivity contribution in [3.05, 3.63) is 47.5 Å². The summed E-state index contributed by atoms with van der Waals surface area (Å²) in [5.74, 6) is 2.20. The molecule has 0 N–H and O–H groups in total. The quantitative estimate of drug-likeness (QED) is 0.426. The summed E-state index contributed by atoms with van der Waals surface area (Å²) in [5.41, 5.74) is 0.937. The average Bonchev–Trinajstić information content (AvgIpc) is 2.70. The highest BCUT2D eigenvalue weighted by Gasteiger charge is 2.30. The molecule has 0 unspecified atom stereocenters. The van der Waals surface area contributed by atoms with Gasteiger partial charge in [-0.3, -0.25) is 0 Å². The SMILES string of the molecule is C/C=C/CCC1CCC(C2CCC(CCc3ccc(F)c(F)c3)CC2)CC1. The second-order valence-corrected chi connectivity index (χ2v) is 9.00. The van der Waals surface area contributed by atoms with Gasteiger partial charge in [-0.2, -0.15) is 0 Å². The maximum atomic E-state index is 13.3. The molecule has 150 valence electrons. The predicted molar refractivity (Wildman–Crippen MR) is 110 cm³/mol. The molecule has 0 amide bonds. The summed E-state index contributed by atoms with van der Waals surface area (Å²) in [5, 5.41) is 0. The summed E-state index contributed by atoms with van der Waals surface area (Å²) in [4.78, 5) is 0. The molecular formula is C25H36F2. The average molecular weight is 375 g/mol. The third kappa shape index (κ3) is 6.16. The minimum absolute atomic E-state index is 0.711. The molecule has 1 aromatic carbocycles. The van der Waals surface area contributed by atoms with Crippen molar-refractivity contribution in [1.29, 1.82) is 0 Å². The monoisotopic (exact) mass is 374 g/mol. The normalized spacial score (nSPS) is 29.3. The number of aryl methyl sites for hydroxylation is 1. The highest BCUT2D eigenvalue weighted by atomic mass is 19.2. The molecule has 0 aromatic heterocycles. The summed E-state index contributed by atoms with van der Waals surface area (Å²) in [6.45, 7) is 2.12. The van der Waals surface area contributed by atoms with E-state index in [1.165, 1.54) is 76.3 Å². The first-order valence-electron chi connectivity index (χ1n) is 11.2. The first-order chi connectivity index (χ1) is 13.2. The van der Waals surface area contributed by atoms with Crippen molar-refractivity contribution in [1.82, 2.24) is 0 Å². The number of rotatable bonds is 7. The Kier molecular flexibility index (Phi) is 7.91. The van der Waals surface area contributed by atoms with Gasteiger partial charge in [-0.05, 0) is 99.7 Å². The molecule has 0 atom stereocenters. The van der Waals surface area contributed by atoms with Crippen molar-refractivity contribution in [2.75, 3.05) is 0 Å². The van der Waals surface area contributed by atoms with Crippen LogP contribution in [0.3, 0.4) is 0 Å². The Hall–Kier alpha value is -1.18. The molecule has 0 heterocycles. The topological polar surface area (TPSA) is 0 Å². The molecule has 2 fully saturated rings. The molecule has 27 heavy (non-hydrogen) atoms. The number of hydrogen-bond donors (Lipinski definition) is 0. The maximum absolute atomic E-state index is 13.3. The van der Waals surface area contributed by atoms with E-state index < -0.39 is 11.6 Å². The van der Waals surface area contributed by atoms with Crippen LogP contribution in [-0.2, 0) is 6.42 Å². The number of hydrogen-bond acceptors (Lipinski definition) is 0. The summed E-state index contributed by atoms with van der Waals surface area (Å²) < 4.78 is 26.4. The van der Waals surface area contributed by atoms with Crippen molar-refractivity contribution in [3.8, 4) is 0 Å². The highest BCUT2D eigenvalue weighted by molar-refractivity contribution is 5.17. The molecule has 0 saturated heterocycles. The molecule has 2 heteroatoms. The second kappa shape index (κ2) is 10.4. The molecule has 2 saturated carbocycles. The van der Waals surface area contributed by atoms with Gasteiger partial charge in [-0.1, -0.05) is 43.9 Å². The standard InChI is InChI=1S/C25H36F2/c1-2-3-4-5-19-8-13-22(14-9-19)23-15-10-20(11-16-23)6-7-21-12-17-24(26)25(27)18-21/h2-3,12,17-20,22-23H,4-11,13-16H2,1H3/b3-2+. The van der Waals surface area contributed by atoms with Gasteiger partial charge in [0.15, 0.2) is 11.6 Å². The number of benzene rings is 1. The van der Waals surface area contributed by atoms with E-state index in [-0.39, 0.29) is 0 Å². The first kappa shape index (κ1) is 20.6. The fourth-order valence-electron chi connectivity index (χ4n) is 5.46. The van der Waals surface area contributed by atoms with Gasteiger partial charge in [-0.25, -0.2) is 8.78 Å². The lowest BCUT2D eigenvalue weighted by atomic mass is 9.68. The van der Waals surface area contributed by atoms with Crippen LogP contribution in [0.4, 0.5) is 8.78 Å². The third-order valence-corrected chi connectivity index (χ3v) is 7.25. The Morgan fingerprint density at radius 3 is 1.96 bits per heavy atom. The summed E-state index contributed by atoms with van der Waals surface area (Å²) >= 11 is 0. The molecule has 2 aliphatic rings. The fraction of sp³-hybridized carbons (Fsp3) is 0.680. The Morgan fingerprint density at radius 1 is 0.815 bits per heavy atom. The van der Waals surface area contributed by atoms with Gasteiger partial charge in [0.2, 0.25) is 0 Å². The van der Waals surface area contributed by atoms with Gasteiger partial charge in [-0.15, -0.1) is 0 Å². The minimum atomic E-state index is -0.740. The Balaban J connectivity index is 1.35. The summed E-state index contributed by atoms with van der Waals surface area (Å²) in [7, 11) is 0. The van der Waals surface area contributed by atoms with Gasteiger partial charge in [0, 0.05) is 0 Å². The zero-order chi connectivity index (χ0) is 19.1. The van der Waals surface area contributed by atoms with Crippen LogP contribution in [-0.4, -0.2) is 0 Å². The van der Waals surface area contributed by atoms with Crippen molar-refractivity contribution in [2.24, 2.45) is 23.7 Å². The molecule has 0 spiro atoms. The third-order valence-electron chi connectivity index (χ3n) is 7.25. The van der Waals surface area contributed by atoms with E-state index in [0.29, 0.717) is 0 Å². The van der Waals surface area contributed by atoms with E-state index in [0.717, 1.165) is 42.1 Å². The van der Waals surface area contributed by atoms with Crippen LogP contribution in [0.2, 0.25) is 0 Å². The maximum Gasteiger partial charge on any atom is 0.159 e. The predicted octanol–water partition coefficient (Wildman–Crippen LogP) is 7.87. The van der Waals surface area contributed by atoms with Gasteiger partial charge >= 0.3 is 0 Å². The highest BCUT2D eigenvalue weighted by Crippen LogP contribution is 2.43. The largest absolute Gasteiger partial charge is 0.204 e. The Labute approximate surface area is 164 Å². The van der Waals surface area contributed by atoms with Crippen molar-refractivity contribution >= 4 is 0 Å². The van der Waals surface area contributed by atoms with Crippen LogP contribution < -0.4 is 0 Å². The van der Waals surface area contributed by atoms with Crippen LogP contribution >= 0.6 is 0 Å². The molecule has 2 aliphatic carbocycles. The molecule has 0 bridgehead atoms. The van der Waals surface area contributed by atoms with E-state index in [9.17, 15) is 8.78 Å². The van der Waals surface area contributed by atoms with Gasteiger partial charge in [0.1, 0.15) is 0 Å². The molecule has 1 aromatic rings. The minimum Gasteiger partial charge on any atom is -0.204 e. The Bertz CT molecular complexity index is 590. The van der Waals surface area contributed by atoms with Crippen LogP contribution in [0.1, 0.15) is 83.1 Å². The molecule has 0 aliphatic heterocycles. The van der Waals surface area contributed by atoms with E-state index in [1.807, 2.05) is 0 Å². The van der Waals surface area contributed by atoms with Crippen LogP contribution in [0.5, 0.6) is 0 Å². The van der Waals surface area contributed by atoms with E-state index in [1.54, 1.807) is 6.07 Å². The molecule has 0 radical (unpaired) electrons. The molecule has 3 rings (SSSR count). The molecule has 0 nitrogen and oxygen atoms in total. The van der Waals surface area contributed by atoms with E-state index in [4.69, 9.17) is 0 Å². The van der Waals surface area contributed by atoms with Crippen molar-refractivity contribution in [3.63, 3.8) is 0 Å². The Morgan fingerprint density at radius 2 is 1.41 bits per heavy atom. The lowest BCUT2D eigenvalue weighted by molar-refractivity contribution is 0.141. The fourth-order valence-corrected chi connectivity index (χ4v) is 5.46. The van der Waals surface area contributed by atoms with Gasteiger partial charge < -0.3 is 0 Å².